The summed E-state index contributed by atoms with van der Waals surface area (Å²) in [6.07, 6.45) is 4.25. The van der Waals surface area contributed by atoms with Gasteiger partial charge in [0.15, 0.2) is 0 Å². The smallest absolute Gasteiger partial charge is 0.226 e. The second-order valence-corrected chi connectivity index (χ2v) is 3.96. The van der Waals surface area contributed by atoms with Gasteiger partial charge in [0, 0.05) is 17.8 Å². The monoisotopic (exact) mass is 195 g/mol. The first-order valence-electron chi connectivity index (χ1n) is 4.83. The van der Waals surface area contributed by atoms with Gasteiger partial charge in [0.05, 0.1) is 6.54 Å². The van der Waals surface area contributed by atoms with E-state index in [1.54, 1.807) is 12.4 Å². The summed E-state index contributed by atoms with van der Waals surface area (Å²) in [6.45, 7) is 6.34. The van der Waals surface area contributed by atoms with Crippen LogP contribution in [0.1, 0.15) is 33.0 Å². The van der Waals surface area contributed by atoms with Gasteiger partial charge < -0.3 is 10.3 Å². The molecule has 0 fully saturated rings. The summed E-state index contributed by atoms with van der Waals surface area (Å²) in [5.41, 5.74) is -0.299. The lowest BCUT2D eigenvalue weighted by Gasteiger charge is -2.20. The Balaban J connectivity index is 2.43. The molecule has 4 heteroatoms. The zero-order chi connectivity index (χ0) is 10.6. The van der Waals surface area contributed by atoms with Gasteiger partial charge in [-0.05, 0) is 6.42 Å². The molecule has 0 aliphatic heterocycles. The summed E-state index contributed by atoms with van der Waals surface area (Å²) in [5, 5.41) is 2.84. The van der Waals surface area contributed by atoms with Gasteiger partial charge in [-0.1, -0.05) is 20.8 Å². The lowest BCUT2D eigenvalue weighted by Crippen LogP contribution is -2.36. The Bertz CT molecular complexity index is 290. The van der Waals surface area contributed by atoms with Crippen LogP contribution in [0.4, 0.5) is 0 Å². The van der Waals surface area contributed by atoms with E-state index in [1.165, 1.54) is 0 Å². The summed E-state index contributed by atoms with van der Waals surface area (Å²) < 4.78 is 0. The van der Waals surface area contributed by atoms with E-state index in [1.807, 2.05) is 20.8 Å². The fourth-order valence-electron chi connectivity index (χ4n) is 0.958. The van der Waals surface area contributed by atoms with Crippen LogP contribution < -0.4 is 5.32 Å². The molecule has 0 bridgehead atoms. The van der Waals surface area contributed by atoms with E-state index in [9.17, 15) is 4.79 Å². The third-order valence-corrected chi connectivity index (χ3v) is 2.47. The van der Waals surface area contributed by atoms with Crippen molar-refractivity contribution in [2.45, 2.75) is 33.7 Å². The van der Waals surface area contributed by atoms with Crippen molar-refractivity contribution in [3.63, 3.8) is 0 Å². The molecule has 4 nitrogen and oxygen atoms in total. The van der Waals surface area contributed by atoms with Crippen molar-refractivity contribution in [3.05, 3.63) is 18.2 Å². The van der Waals surface area contributed by atoms with Crippen molar-refractivity contribution in [3.8, 4) is 0 Å². The molecule has 78 valence electrons. The largest absolute Gasteiger partial charge is 0.348 e. The zero-order valence-corrected chi connectivity index (χ0v) is 8.92. The Morgan fingerprint density at radius 2 is 2.36 bits per heavy atom. The highest BCUT2D eigenvalue weighted by atomic mass is 16.2. The molecule has 2 N–H and O–H groups in total. The summed E-state index contributed by atoms with van der Waals surface area (Å²) in [7, 11) is 0. The molecule has 0 aliphatic rings. The van der Waals surface area contributed by atoms with Crippen molar-refractivity contribution in [2.75, 3.05) is 0 Å². The summed E-state index contributed by atoms with van der Waals surface area (Å²) >= 11 is 0. The van der Waals surface area contributed by atoms with Gasteiger partial charge in [0.2, 0.25) is 5.91 Å². The van der Waals surface area contributed by atoms with Crippen LogP contribution in [0.15, 0.2) is 12.4 Å². The highest BCUT2D eigenvalue weighted by molar-refractivity contribution is 5.81. The second kappa shape index (κ2) is 4.26. The van der Waals surface area contributed by atoms with E-state index in [4.69, 9.17) is 0 Å². The van der Waals surface area contributed by atoms with Crippen molar-refractivity contribution in [1.29, 1.82) is 0 Å². The summed E-state index contributed by atoms with van der Waals surface area (Å²) in [6, 6.07) is 0. The number of aromatic nitrogens is 2. The van der Waals surface area contributed by atoms with Crippen LogP contribution in [0, 0.1) is 5.41 Å². The predicted octanol–water partition coefficient (Wildman–Crippen LogP) is 1.46. The van der Waals surface area contributed by atoms with Gasteiger partial charge in [-0.15, -0.1) is 0 Å². The van der Waals surface area contributed by atoms with Crippen molar-refractivity contribution >= 4 is 5.91 Å². The van der Waals surface area contributed by atoms with Gasteiger partial charge in [0.25, 0.3) is 0 Å². The number of H-pyrrole nitrogens is 1. The highest BCUT2D eigenvalue weighted by Crippen LogP contribution is 2.19. The van der Waals surface area contributed by atoms with E-state index in [-0.39, 0.29) is 11.3 Å². The number of hydrogen-bond acceptors (Lipinski definition) is 2. The molecule has 0 atom stereocenters. The van der Waals surface area contributed by atoms with Crippen LogP contribution in [0.25, 0.3) is 0 Å². The molecule has 1 rings (SSSR count). The molecule has 0 saturated carbocycles. The number of carbonyl (C=O) groups excluding carboxylic acids is 1. The molecule has 1 heterocycles. The minimum atomic E-state index is -0.299. The molecule has 0 spiro atoms. The molecular formula is C10H17N3O. The number of amides is 1. The lowest BCUT2D eigenvalue weighted by atomic mass is 9.89. The molecular weight excluding hydrogens is 178 g/mol. The molecule has 1 aromatic rings. The highest BCUT2D eigenvalue weighted by Gasteiger charge is 2.24. The number of imidazole rings is 1. The van der Waals surface area contributed by atoms with Crippen LogP contribution in [-0.2, 0) is 11.3 Å². The first kappa shape index (κ1) is 10.8. The van der Waals surface area contributed by atoms with Crippen molar-refractivity contribution in [1.82, 2.24) is 15.3 Å². The standard InChI is InChI=1S/C10H17N3O/c1-4-10(2,3)9(14)13-7-8-11-5-6-12-8/h5-6H,4,7H2,1-3H3,(H,11,12)(H,13,14). The van der Waals surface area contributed by atoms with Crippen LogP contribution >= 0.6 is 0 Å². The van der Waals surface area contributed by atoms with Crippen LogP contribution in [0.5, 0.6) is 0 Å². The average molecular weight is 195 g/mol. The Morgan fingerprint density at radius 3 is 2.86 bits per heavy atom. The Labute approximate surface area is 84.1 Å². The quantitative estimate of drug-likeness (QED) is 0.764. The molecule has 0 saturated heterocycles. The lowest BCUT2D eigenvalue weighted by molar-refractivity contribution is -0.129. The molecule has 0 unspecified atom stereocenters. The number of nitrogens with zero attached hydrogens (tertiary/aromatic N) is 1. The van der Waals surface area contributed by atoms with E-state index in [0.29, 0.717) is 6.54 Å². The van der Waals surface area contributed by atoms with Crippen LogP contribution in [0.3, 0.4) is 0 Å². The minimum absolute atomic E-state index is 0.0661. The van der Waals surface area contributed by atoms with Crippen LogP contribution in [0.2, 0.25) is 0 Å². The van der Waals surface area contributed by atoms with Crippen LogP contribution in [-0.4, -0.2) is 15.9 Å². The number of hydrogen-bond donors (Lipinski definition) is 2. The Morgan fingerprint density at radius 1 is 1.64 bits per heavy atom. The topological polar surface area (TPSA) is 57.8 Å². The maximum Gasteiger partial charge on any atom is 0.226 e. The predicted molar refractivity (Wildman–Crippen MR) is 54.5 cm³/mol. The fourth-order valence-corrected chi connectivity index (χ4v) is 0.958. The molecule has 1 amide bonds. The Hall–Kier alpha value is -1.32. The third-order valence-electron chi connectivity index (χ3n) is 2.47. The van der Waals surface area contributed by atoms with Crippen molar-refractivity contribution in [2.24, 2.45) is 5.41 Å². The second-order valence-electron chi connectivity index (χ2n) is 3.96. The van der Waals surface area contributed by atoms with Gasteiger partial charge in [-0.3, -0.25) is 4.79 Å². The number of rotatable bonds is 4. The number of aromatic amines is 1. The zero-order valence-electron chi connectivity index (χ0n) is 8.92. The normalized spacial score (nSPS) is 11.4. The van der Waals surface area contributed by atoms with E-state index < -0.39 is 0 Å². The van der Waals surface area contributed by atoms with E-state index in [0.717, 1.165) is 12.2 Å². The average Bonchev–Trinajstić information content (AvgIpc) is 2.66. The Kier molecular flexibility index (Phi) is 3.28. The van der Waals surface area contributed by atoms with Gasteiger partial charge in [-0.2, -0.15) is 0 Å². The molecule has 1 aromatic heterocycles. The fraction of sp³-hybridized carbons (Fsp3) is 0.600. The van der Waals surface area contributed by atoms with Gasteiger partial charge in [-0.25, -0.2) is 4.98 Å². The first-order chi connectivity index (χ1) is 6.56. The summed E-state index contributed by atoms with van der Waals surface area (Å²) in [4.78, 5) is 18.6. The molecule has 0 radical (unpaired) electrons. The molecule has 0 aromatic carbocycles. The molecule has 14 heavy (non-hydrogen) atoms. The maximum absolute atomic E-state index is 11.6. The van der Waals surface area contributed by atoms with Gasteiger partial charge >= 0.3 is 0 Å². The van der Waals surface area contributed by atoms with Gasteiger partial charge in [0.1, 0.15) is 5.82 Å². The first-order valence-corrected chi connectivity index (χ1v) is 4.83. The van der Waals surface area contributed by atoms with E-state index in [2.05, 4.69) is 15.3 Å². The number of nitrogens with one attached hydrogen (secondary N) is 2. The summed E-state index contributed by atoms with van der Waals surface area (Å²) in [5.74, 6) is 0.849. The third kappa shape index (κ3) is 2.58. The SMILES string of the molecule is CCC(C)(C)C(=O)NCc1ncc[nH]1. The van der Waals surface area contributed by atoms with Crippen molar-refractivity contribution < 1.29 is 4.79 Å². The molecule has 0 aliphatic carbocycles. The number of carbonyl (C=O) groups is 1. The van der Waals surface area contributed by atoms with E-state index >= 15 is 0 Å². The maximum atomic E-state index is 11.6. The minimum Gasteiger partial charge on any atom is -0.348 e.